The number of hydrogen-bond acceptors (Lipinski definition) is 3. The Balaban J connectivity index is 2.25. The third kappa shape index (κ3) is 2.43. The van der Waals surface area contributed by atoms with Crippen molar-refractivity contribution in [3.8, 4) is 0 Å². The monoisotopic (exact) mass is 240 g/mol. The summed E-state index contributed by atoms with van der Waals surface area (Å²) in [4.78, 5) is 28.0. The van der Waals surface area contributed by atoms with Gasteiger partial charge in [-0.1, -0.05) is 0 Å². The molecule has 0 saturated heterocycles. The SMILES string of the molecule is CN(C=O)c1ccc(C(=O)c2cccnc2)cc1. The Hall–Kier alpha value is -2.49. The highest BCUT2D eigenvalue weighted by Gasteiger charge is 2.09. The molecule has 0 spiro atoms. The number of carbonyl (C=O) groups excluding carboxylic acids is 2. The summed E-state index contributed by atoms with van der Waals surface area (Å²) in [5, 5.41) is 0. The van der Waals surface area contributed by atoms with Crippen LogP contribution in [0, 0.1) is 0 Å². The maximum atomic E-state index is 12.1. The lowest BCUT2D eigenvalue weighted by Crippen LogP contribution is -2.13. The van der Waals surface area contributed by atoms with Crippen molar-refractivity contribution in [1.82, 2.24) is 4.98 Å². The van der Waals surface area contributed by atoms with Gasteiger partial charge >= 0.3 is 0 Å². The summed E-state index contributed by atoms with van der Waals surface area (Å²) in [6.45, 7) is 0. The van der Waals surface area contributed by atoms with Crippen molar-refractivity contribution in [2.75, 3.05) is 11.9 Å². The van der Waals surface area contributed by atoms with Crippen molar-refractivity contribution in [2.45, 2.75) is 0 Å². The lowest BCUT2D eigenvalue weighted by Gasteiger charge is -2.10. The van der Waals surface area contributed by atoms with Gasteiger partial charge in [0.05, 0.1) is 0 Å². The molecule has 1 aromatic carbocycles. The molecule has 1 heterocycles. The van der Waals surface area contributed by atoms with Gasteiger partial charge in [0.1, 0.15) is 0 Å². The standard InChI is InChI=1S/C14H12N2O2/c1-16(10-17)13-6-4-11(5-7-13)14(18)12-3-2-8-15-9-12/h2-10H,1H3. The molecule has 4 heteroatoms. The van der Waals surface area contributed by atoms with Crippen LogP contribution in [0.1, 0.15) is 15.9 Å². The molecular formula is C14H12N2O2. The smallest absolute Gasteiger partial charge is 0.213 e. The Morgan fingerprint density at radius 3 is 2.44 bits per heavy atom. The number of anilines is 1. The average Bonchev–Trinajstić information content (AvgIpc) is 2.47. The molecule has 0 aliphatic carbocycles. The molecule has 0 atom stereocenters. The fourth-order valence-electron chi connectivity index (χ4n) is 1.57. The van der Waals surface area contributed by atoms with E-state index in [-0.39, 0.29) is 5.78 Å². The maximum Gasteiger partial charge on any atom is 0.213 e. The van der Waals surface area contributed by atoms with E-state index in [4.69, 9.17) is 0 Å². The van der Waals surface area contributed by atoms with Gasteiger partial charge in [0.15, 0.2) is 5.78 Å². The summed E-state index contributed by atoms with van der Waals surface area (Å²) < 4.78 is 0. The van der Waals surface area contributed by atoms with Gasteiger partial charge in [-0.2, -0.15) is 0 Å². The van der Waals surface area contributed by atoms with Crippen molar-refractivity contribution < 1.29 is 9.59 Å². The number of aromatic nitrogens is 1. The average molecular weight is 240 g/mol. The van der Waals surface area contributed by atoms with E-state index in [9.17, 15) is 9.59 Å². The fourth-order valence-corrected chi connectivity index (χ4v) is 1.57. The zero-order valence-corrected chi connectivity index (χ0v) is 9.91. The maximum absolute atomic E-state index is 12.1. The van der Waals surface area contributed by atoms with E-state index in [2.05, 4.69) is 4.98 Å². The van der Waals surface area contributed by atoms with Gasteiger partial charge in [-0.25, -0.2) is 0 Å². The second-order valence-electron chi connectivity index (χ2n) is 3.83. The molecule has 1 amide bonds. The van der Waals surface area contributed by atoms with Crippen molar-refractivity contribution in [1.29, 1.82) is 0 Å². The second-order valence-corrected chi connectivity index (χ2v) is 3.83. The predicted octanol–water partition coefficient (Wildman–Crippen LogP) is 1.91. The normalized spacial score (nSPS) is 9.83. The zero-order chi connectivity index (χ0) is 13.0. The molecule has 90 valence electrons. The van der Waals surface area contributed by atoms with E-state index in [1.165, 1.54) is 11.1 Å². The third-order valence-electron chi connectivity index (χ3n) is 2.62. The summed E-state index contributed by atoms with van der Waals surface area (Å²) in [5.74, 6) is -0.0802. The van der Waals surface area contributed by atoms with Crippen LogP contribution in [0.2, 0.25) is 0 Å². The molecule has 0 bridgehead atoms. The number of nitrogens with zero attached hydrogens (tertiary/aromatic N) is 2. The van der Waals surface area contributed by atoms with Crippen LogP contribution in [0.3, 0.4) is 0 Å². The van der Waals surface area contributed by atoms with Gasteiger partial charge in [0, 0.05) is 36.3 Å². The Labute approximate surface area is 105 Å². The molecule has 0 fully saturated rings. The van der Waals surface area contributed by atoms with Crippen molar-refractivity contribution in [3.05, 3.63) is 59.9 Å². The summed E-state index contributed by atoms with van der Waals surface area (Å²) in [6.07, 6.45) is 3.88. The molecule has 0 aliphatic rings. The lowest BCUT2D eigenvalue weighted by atomic mass is 10.0. The molecule has 2 aromatic rings. The van der Waals surface area contributed by atoms with Crippen molar-refractivity contribution >= 4 is 17.9 Å². The van der Waals surface area contributed by atoms with Crippen molar-refractivity contribution in [2.24, 2.45) is 0 Å². The van der Waals surface area contributed by atoms with E-state index >= 15 is 0 Å². The van der Waals surface area contributed by atoms with E-state index < -0.39 is 0 Å². The Morgan fingerprint density at radius 1 is 1.17 bits per heavy atom. The number of hydrogen-bond donors (Lipinski definition) is 0. The highest BCUT2D eigenvalue weighted by molar-refractivity contribution is 6.08. The summed E-state index contributed by atoms with van der Waals surface area (Å²) in [7, 11) is 1.66. The van der Waals surface area contributed by atoms with Crippen LogP contribution in [0.5, 0.6) is 0 Å². The zero-order valence-electron chi connectivity index (χ0n) is 9.91. The van der Waals surface area contributed by atoms with Crippen LogP contribution in [0.25, 0.3) is 0 Å². The predicted molar refractivity (Wildman–Crippen MR) is 68.6 cm³/mol. The number of pyridine rings is 1. The topological polar surface area (TPSA) is 50.3 Å². The second kappa shape index (κ2) is 5.23. The van der Waals surface area contributed by atoms with E-state index in [0.717, 1.165) is 12.1 Å². The summed E-state index contributed by atoms with van der Waals surface area (Å²) in [6, 6.07) is 10.3. The van der Waals surface area contributed by atoms with E-state index in [0.29, 0.717) is 11.1 Å². The van der Waals surface area contributed by atoms with Gasteiger partial charge in [0.25, 0.3) is 0 Å². The van der Waals surface area contributed by atoms with Crippen LogP contribution in [0.4, 0.5) is 5.69 Å². The lowest BCUT2D eigenvalue weighted by molar-refractivity contribution is -0.107. The first-order valence-corrected chi connectivity index (χ1v) is 5.45. The Morgan fingerprint density at radius 2 is 1.89 bits per heavy atom. The van der Waals surface area contributed by atoms with Crippen molar-refractivity contribution in [3.63, 3.8) is 0 Å². The van der Waals surface area contributed by atoms with Gasteiger partial charge in [-0.05, 0) is 36.4 Å². The quantitative estimate of drug-likeness (QED) is 0.606. The number of ketones is 1. The van der Waals surface area contributed by atoms with Crippen LogP contribution in [-0.2, 0) is 4.79 Å². The number of carbonyl (C=O) groups is 2. The Kier molecular flexibility index (Phi) is 3.48. The molecule has 0 aliphatic heterocycles. The van der Waals surface area contributed by atoms with Crippen LogP contribution in [0.15, 0.2) is 48.8 Å². The highest BCUT2D eigenvalue weighted by atomic mass is 16.1. The minimum Gasteiger partial charge on any atom is -0.318 e. The Bertz CT molecular complexity index is 550. The number of benzene rings is 1. The molecule has 1 aromatic heterocycles. The third-order valence-corrected chi connectivity index (χ3v) is 2.62. The minimum absolute atomic E-state index is 0.0802. The molecule has 0 saturated carbocycles. The molecule has 0 radical (unpaired) electrons. The molecule has 2 rings (SSSR count). The fraction of sp³-hybridized carbons (Fsp3) is 0.0714. The summed E-state index contributed by atoms with van der Waals surface area (Å²) >= 11 is 0. The summed E-state index contributed by atoms with van der Waals surface area (Å²) in [5.41, 5.74) is 1.87. The van der Waals surface area contributed by atoms with Gasteiger partial charge < -0.3 is 4.90 Å². The number of rotatable bonds is 4. The highest BCUT2D eigenvalue weighted by Crippen LogP contribution is 2.15. The first kappa shape index (κ1) is 12.0. The van der Waals surface area contributed by atoms with E-state index in [1.807, 2.05) is 0 Å². The minimum atomic E-state index is -0.0802. The van der Waals surface area contributed by atoms with Crippen LogP contribution < -0.4 is 4.90 Å². The van der Waals surface area contributed by atoms with Gasteiger partial charge in [-0.3, -0.25) is 14.6 Å². The largest absolute Gasteiger partial charge is 0.318 e. The van der Waals surface area contributed by atoms with Crippen LogP contribution in [-0.4, -0.2) is 24.2 Å². The molecule has 18 heavy (non-hydrogen) atoms. The number of amides is 1. The molecule has 0 unspecified atom stereocenters. The van der Waals surface area contributed by atoms with E-state index in [1.54, 1.807) is 49.6 Å². The first-order valence-electron chi connectivity index (χ1n) is 5.45. The molecule has 0 N–H and O–H groups in total. The molecule has 4 nitrogen and oxygen atoms in total. The first-order chi connectivity index (χ1) is 8.72. The molecular weight excluding hydrogens is 228 g/mol. The van der Waals surface area contributed by atoms with Gasteiger partial charge in [0.2, 0.25) is 6.41 Å². The van der Waals surface area contributed by atoms with Crippen LogP contribution >= 0.6 is 0 Å². The van der Waals surface area contributed by atoms with Gasteiger partial charge in [-0.15, -0.1) is 0 Å².